The fourth-order valence-corrected chi connectivity index (χ4v) is 5.12. The van der Waals surface area contributed by atoms with Crippen molar-refractivity contribution >= 4 is 17.4 Å². The summed E-state index contributed by atoms with van der Waals surface area (Å²) < 4.78 is 0. The largest absolute Gasteiger partial charge is 0.294 e. The summed E-state index contributed by atoms with van der Waals surface area (Å²) in [6.45, 7) is 4.06. The zero-order chi connectivity index (χ0) is 22.2. The Labute approximate surface area is 188 Å². The number of aryl methyl sites for hydroxylation is 2. The number of nitrogens with zero attached hydrogens (tertiary/aromatic N) is 2. The minimum atomic E-state index is -0.217. The van der Waals surface area contributed by atoms with E-state index in [4.69, 9.17) is 0 Å². The van der Waals surface area contributed by atoms with E-state index in [-0.39, 0.29) is 29.9 Å². The monoisotopic (exact) mass is 422 g/mol. The number of hydrogen-bond acceptors (Lipinski definition) is 3. The first-order chi connectivity index (χ1) is 15.5. The van der Waals surface area contributed by atoms with Crippen LogP contribution in [0.15, 0.2) is 84.3 Å². The van der Waals surface area contributed by atoms with Crippen molar-refractivity contribution in [3.8, 4) is 0 Å². The number of aromatic nitrogens is 1. The van der Waals surface area contributed by atoms with Crippen LogP contribution in [0.2, 0.25) is 0 Å². The normalized spacial score (nSPS) is 21.0. The van der Waals surface area contributed by atoms with Gasteiger partial charge in [0, 0.05) is 42.4 Å². The molecule has 160 valence electrons. The number of Topliss-reactive ketones (excluding diaryl/α,β-unsaturated/α-hetero) is 1. The number of ketones is 1. The topological polar surface area (TPSA) is 50.3 Å². The molecular formula is C28H26N2O2. The van der Waals surface area contributed by atoms with Crippen molar-refractivity contribution < 1.29 is 9.59 Å². The Morgan fingerprint density at radius 3 is 2.34 bits per heavy atom. The van der Waals surface area contributed by atoms with Gasteiger partial charge in [0.25, 0.3) is 0 Å². The molecular weight excluding hydrogens is 396 g/mol. The molecule has 1 amide bonds. The maximum atomic E-state index is 13.6. The number of carbonyl (C=O) groups excluding carboxylic acids is 2. The van der Waals surface area contributed by atoms with Gasteiger partial charge in [0.1, 0.15) is 0 Å². The quantitative estimate of drug-likeness (QED) is 0.550. The fourth-order valence-electron chi connectivity index (χ4n) is 5.12. The first-order valence-electron chi connectivity index (χ1n) is 11.1. The van der Waals surface area contributed by atoms with E-state index in [0.29, 0.717) is 12.8 Å². The average molecular weight is 423 g/mol. The molecule has 1 aromatic heterocycles. The Bertz CT molecular complexity index is 1210. The molecule has 1 aliphatic heterocycles. The lowest BCUT2D eigenvalue weighted by Crippen LogP contribution is -2.42. The molecule has 0 bridgehead atoms. The van der Waals surface area contributed by atoms with E-state index in [2.05, 4.69) is 29.2 Å². The van der Waals surface area contributed by atoms with Crippen LogP contribution in [-0.4, -0.2) is 16.7 Å². The maximum Gasteiger partial charge on any atom is 0.232 e. The second-order valence-corrected chi connectivity index (χ2v) is 8.86. The molecule has 0 saturated heterocycles. The number of anilines is 1. The van der Waals surface area contributed by atoms with Crippen LogP contribution in [0.4, 0.5) is 5.69 Å². The Morgan fingerprint density at radius 2 is 1.59 bits per heavy atom. The lowest BCUT2D eigenvalue weighted by atomic mass is 9.73. The summed E-state index contributed by atoms with van der Waals surface area (Å²) in [5, 5.41) is 0. The number of benzene rings is 2. The standard InChI is InChI=1S/C28H26N2O2/c1-18-8-9-19(2)24(14-18)30-25-15-22(20-6-4-3-5-7-20)16-26(31)28(25)23(17-27(30)32)21-10-12-29-13-11-21/h3-14,22-23H,15-17H2,1-2H3. The summed E-state index contributed by atoms with van der Waals surface area (Å²) in [7, 11) is 0. The molecule has 1 aliphatic carbocycles. The van der Waals surface area contributed by atoms with Gasteiger partial charge in [-0.1, -0.05) is 42.5 Å². The highest BCUT2D eigenvalue weighted by molar-refractivity contribution is 6.08. The van der Waals surface area contributed by atoms with Gasteiger partial charge in [-0.05, 0) is 66.6 Å². The van der Waals surface area contributed by atoms with Crippen molar-refractivity contribution in [2.75, 3.05) is 4.90 Å². The Kier molecular flexibility index (Phi) is 5.22. The molecule has 0 saturated carbocycles. The van der Waals surface area contributed by atoms with E-state index >= 15 is 0 Å². The summed E-state index contributed by atoms with van der Waals surface area (Å²) in [6.07, 6.45) is 4.90. The predicted octanol–water partition coefficient (Wildman–Crippen LogP) is 5.62. The molecule has 2 unspecified atom stereocenters. The summed E-state index contributed by atoms with van der Waals surface area (Å²) in [4.78, 5) is 33.2. The van der Waals surface area contributed by atoms with Crippen molar-refractivity contribution in [2.45, 2.75) is 44.9 Å². The molecule has 3 aromatic rings. The lowest BCUT2D eigenvalue weighted by molar-refractivity contribution is -0.120. The van der Waals surface area contributed by atoms with Gasteiger partial charge in [0.2, 0.25) is 5.91 Å². The van der Waals surface area contributed by atoms with Gasteiger partial charge in [0.15, 0.2) is 5.78 Å². The number of rotatable bonds is 3. The van der Waals surface area contributed by atoms with Crippen LogP contribution in [0.25, 0.3) is 0 Å². The van der Waals surface area contributed by atoms with E-state index < -0.39 is 0 Å². The van der Waals surface area contributed by atoms with Gasteiger partial charge < -0.3 is 0 Å². The first-order valence-corrected chi connectivity index (χ1v) is 11.1. The molecule has 2 aliphatic rings. The molecule has 0 radical (unpaired) electrons. The van der Waals surface area contributed by atoms with E-state index in [9.17, 15) is 9.59 Å². The van der Waals surface area contributed by atoms with E-state index in [1.807, 2.05) is 55.1 Å². The molecule has 32 heavy (non-hydrogen) atoms. The van der Waals surface area contributed by atoms with E-state index in [1.165, 1.54) is 0 Å². The van der Waals surface area contributed by atoms with Crippen molar-refractivity contribution in [1.29, 1.82) is 0 Å². The predicted molar refractivity (Wildman–Crippen MR) is 125 cm³/mol. The zero-order valence-corrected chi connectivity index (χ0v) is 18.4. The number of allylic oxidation sites excluding steroid dienone is 2. The Morgan fingerprint density at radius 1 is 0.844 bits per heavy atom. The molecule has 2 atom stereocenters. The van der Waals surface area contributed by atoms with E-state index in [1.54, 1.807) is 12.4 Å². The Hall–Kier alpha value is -3.53. The van der Waals surface area contributed by atoms with Crippen LogP contribution >= 0.6 is 0 Å². The highest BCUT2D eigenvalue weighted by atomic mass is 16.2. The third-order valence-electron chi connectivity index (χ3n) is 6.71. The summed E-state index contributed by atoms with van der Waals surface area (Å²) >= 11 is 0. The van der Waals surface area contributed by atoms with Gasteiger partial charge in [-0.2, -0.15) is 0 Å². The van der Waals surface area contributed by atoms with Gasteiger partial charge in [-0.25, -0.2) is 0 Å². The summed E-state index contributed by atoms with van der Waals surface area (Å²) in [6, 6.07) is 20.2. The molecule has 0 fully saturated rings. The van der Waals surface area contributed by atoms with Gasteiger partial charge in [-0.15, -0.1) is 0 Å². The Balaban J connectivity index is 1.68. The highest BCUT2D eigenvalue weighted by Gasteiger charge is 2.42. The summed E-state index contributed by atoms with van der Waals surface area (Å²) in [5.74, 6) is 0.0376. The van der Waals surface area contributed by atoms with Crippen LogP contribution < -0.4 is 4.90 Å². The zero-order valence-electron chi connectivity index (χ0n) is 18.4. The molecule has 0 N–H and O–H groups in total. The minimum absolute atomic E-state index is 0.0424. The van der Waals surface area contributed by atoms with Crippen molar-refractivity contribution in [2.24, 2.45) is 0 Å². The third kappa shape index (κ3) is 3.56. The maximum absolute atomic E-state index is 13.6. The number of amides is 1. The van der Waals surface area contributed by atoms with Crippen LogP contribution in [-0.2, 0) is 9.59 Å². The van der Waals surface area contributed by atoms with Crippen LogP contribution in [0.5, 0.6) is 0 Å². The molecule has 4 nitrogen and oxygen atoms in total. The van der Waals surface area contributed by atoms with Crippen molar-refractivity contribution in [3.63, 3.8) is 0 Å². The minimum Gasteiger partial charge on any atom is -0.294 e. The average Bonchev–Trinajstić information content (AvgIpc) is 2.81. The first kappa shape index (κ1) is 20.4. The van der Waals surface area contributed by atoms with Gasteiger partial charge in [-0.3, -0.25) is 19.5 Å². The van der Waals surface area contributed by atoms with Crippen LogP contribution in [0.1, 0.15) is 53.4 Å². The fraction of sp³-hybridized carbons (Fsp3) is 0.250. The number of pyridine rings is 1. The molecule has 2 heterocycles. The van der Waals surface area contributed by atoms with Crippen LogP contribution in [0, 0.1) is 13.8 Å². The summed E-state index contributed by atoms with van der Waals surface area (Å²) in [5.41, 5.74) is 6.80. The molecule has 0 spiro atoms. The highest BCUT2D eigenvalue weighted by Crippen LogP contribution is 2.47. The second-order valence-electron chi connectivity index (χ2n) is 8.86. The molecule has 5 rings (SSSR count). The number of carbonyl (C=O) groups is 2. The van der Waals surface area contributed by atoms with E-state index in [0.717, 1.165) is 39.2 Å². The lowest BCUT2D eigenvalue weighted by Gasteiger charge is -2.41. The third-order valence-corrected chi connectivity index (χ3v) is 6.71. The molecule has 2 aromatic carbocycles. The smallest absolute Gasteiger partial charge is 0.232 e. The number of hydrogen-bond donors (Lipinski definition) is 0. The SMILES string of the molecule is Cc1ccc(C)c(N2C(=O)CC(c3ccncc3)C3=C2CC(c2ccccc2)CC3=O)c1. The van der Waals surface area contributed by atoms with Crippen molar-refractivity contribution in [1.82, 2.24) is 4.98 Å². The van der Waals surface area contributed by atoms with Crippen molar-refractivity contribution in [3.05, 3.63) is 107 Å². The molecule has 4 heteroatoms. The van der Waals surface area contributed by atoms with Gasteiger partial charge >= 0.3 is 0 Å². The second kappa shape index (κ2) is 8.19. The van der Waals surface area contributed by atoms with Crippen LogP contribution in [0.3, 0.4) is 0 Å². The van der Waals surface area contributed by atoms with Gasteiger partial charge in [0.05, 0.1) is 5.69 Å².